The van der Waals surface area contributed by atoms with Gasteiger partial charge in [-0.1, -0.05) is 28.1 Å². The lowest BCUT2D eigenvalue weighted by Crippen LogP contribution is -2.40. The molecule has 1 fully saturated rings. The molecule has 1 saturated heterocycles. The number of carbonyl (C=O) groups is 1. The average Bonchev–Trinajstić information content (AvgIpc) is 3.05. The van der Waals surface area contributed by atoms with E-state index in [9.17, 15) is 4.79 Å². The Morgan fingerprint density at radius 3 is 2.68 bits per heavy atom. The lowest BCUT2D eigenvalue weighted by molar-refractivity contribution is 0.0359. The molecule has 6 heteroatoms. The van der Waals surface area contributed by atoms with Crippen LogP contribution in [0.1, 0.15) is 23.3 Å². The van der Waals surface area contributed by atoms with E-state index < -0.39 is 0 Å². The fourth-order valence-electron chi connectivity index (χ4n) is 2.63. The molecule has 1 N–H and O–H groups in total. The topological polar surface area (TPSA) is 58.2 Å². The van der Waals surface area contributed by atoms with Gasteiger partial charge in [-0.15, -0.1) is 0 Å². The summed E-state index contributed by atoms with van der Waals surface area (Å²) in [4.78, 5) is 14.3. The van der Waals surface area contributed by atoms with Crippen LogP contribution in [0.2, 0.25) is 0 Å². The average molecular weight is 364 g/mol. The van der Waals surface area contributed by atoms with Gasteiger partial charge in [0, 0.05) is 36.3 Å². The number of hydrogen-bond donors (Lipinski definition) is 1. The van der Waals surface area contributed by atoms with Crippen molar-refractivity contribution < 1.29 is 9.53 Å². The van der Waals surface area contributed by atoms with Crippen molar-refractivity contribution in [1.29, 1.82) is 0 Å². The number of nitrogens with one attached hydrogen (secondary N) is 1. The van der Waals surface area contributed by atoms with E-state index in [1.807, 2.05) is 31.3 Å². The van der Waals surface area contributed by atoms with E-state index in [1.165, 1.54) is 0 Å². The zero-order valence-corrected chi connectivity index (χ0v) is 14.0. The number of amides is 1. The molecule has 0 radical (unpaired) electrons. The van der Waals surface area contributed by atoms with Gasteiger partial charge in [0.2, 0.25) is 0 Å². The molecule has 1 aromatic carbocycles. The van der Waals surface area contributed by atoms with Crippen LogP contribution < -0.4 is 0 Å². The highest BCUT2D eigenvalue weighted by molar-refractivity contribution is 9.10. The van der Waals surface area contributed by atoms with Crippen LogP contribution in [0.25, 0.3) is 11.3 Å². The Hall–Kier alpha value is -1.66. The van der Waals surface area contributed by atoms with E-state index in [0.717, 1.165) is 41.8 Å². The predicted molar refractivity (Wildman–Crippen MR) is 87.7 cm³/mol. The number of nitrogens with zero attached hydrogens (tertiary/aromatic N) is 2. The summed E-state index contributed by atoms with van der Waals surface area (Å²) in [6.45, 7) is 1.44. The Bertz CT molecular complexity index is 648. The minimum atomic E-state index is -0.0252. The van der Waals surface area contributed by atoms with Gasteiger partial charge in [0.05, 0.1) is 5.69 Å². The van der Waals surface area contributed by atoms with Crippen LogP contribution in [0, 0.1) is 0 Å². The lowest BCUT2D eigenvalue weighted by atomic mass is 10.1. The van der Waals surface area contributed by atoms with Crippen molar-refractivity contribution in [2.45, 2.75) is 18.9 Å². The first-order valence-electron chi connectivity index (χ1n) is 7.31. The van der Waals surface area contributed by atoms with Crippen LogP contribution in [-0.2, 0) is 4.74 Å². The Morgan fingerprint density at radius 1 is 1.32 bits per heavy atom. The van der Waals surface area contributed by atoms with Gasteiger partial charge < -0.3 is 9.64 Å². The number of aromatic nitrogens is 2. The molecule has 116 valence electrons. The number of benzene rings is 1. The van der Waals surface area contributed by atoms with Gasteiger partial charge in [0.25, 0.3) is 5.91 Å². The molecule has 0 unspecified atom stereocenters. The van der Waals surface area contributed by atoms with E-state index >= 15 is 0 Å². The molecule has 0 spiro atoms. The number of hydrogen-bond acceptors (Lipinski definition) is 3. The predicted octanol–water partition coefficient (Wildman–Crippen LogP) is 3.09. The molecule has 1 amide bonds. The van der Waals surface area contributed by atoms with Crippen LogP contribution >= 0.6 is 15.9 Å². The summed E-state index contributed by atoms with van der Waals surface area (Å²) >= 11 is 3.41. The first-order chi connectivity index (χ1) is 10.6. The highest BCUT2D eigenvalue weighted by Gasteiger charge is 2.24. The number of rotatable bonds is 3. The summed E-state index contributed by atoms with van der Waals surface area (Å²) in [5, 5.41) is 7.11. The first-order valence-corrected chi connectivity index (χ1v) is 8.10. The van der Waals surface area contributed by atoms with E-state index in [0.29, 0.717) is 5.69 Å². The van der Waals surface area contributed by atoms with Crippen molar-refractivity contribution >= 4 is 21.8 Å². The summed E-state index contributed by atoms with van der Waals surface area (Å²) < 4.78 is 6.36. The molecule has 2 heterocycles. The fraction of sp³-hybridized carbons (Fsp3) is 0.375. The van der Waals surface area contributed by atoms with Crippen LogP contribution in [0.3, 0.4) is 0 Å². The Morgan fingerprint density at radius 2 is 2.00 bits per heavy atom. The van der Waals surface area contributed by atoms with Gasteiger partial charge in [-0.3, -0.25) is 9.89 Å². The van der Waals surface area contributed by atoms with E-state index in [4.69, 9.17) is 4.74 Å². The van der Waals surface area contributed by atoms with E-state index in [1.54, 1.807) is 11.0 Å². The van der Waals surface area contributed by atoms with Crippen molar-refractivity contribution in [2.75, 3.05) is 20.3 Å². The maximum Gasteiger partial charge on any atom is 0.271 e. The van der Waals surface area contributed by atoms with E-state index in [-0.39, 0.29) is 11.9 Å². The van der Waals surface area contributed by atoms with Crippen molar-refractivity contribution in [3.8, 4) is 11.3 Å². The second-order valence-corrected chi connectivity index (χ2v) is 6.35. The van der Waals surface area contributed by atoms with Crippen LogP contribution in [0.5, 0.6) is 0 Å². The molecule has 1 aromatic heterocycles. The Balaban J connectivity index is 1.75. The maximum atomic E-state index is 12.5. The number of H-pyrrole nitrogens is 1. The fourth-order valence-corrected chi connectivity index (χ4v) is 2.89. The third-order valence-electron chi connectivity index (χ3n) is 4.01. The Labute approximate surface area is 137 Å². The SMILES string of the molecule is CN(C(=O)c1cc(-c2ccc(Br)cc2)n[nH]1)C1CCOCC1. The molecule has 0 atom stereocenters. The third-order valence-corrected chi connectivity index (χ3v) is 4.54. The zero-order valence-electron chi connectivity index (χ0n) is 12.4. The molecule has 0 saturated carbocycles. The van der Waals surface area contributed by atoms with Gasteiger partial charge in [0.1, 0.15) is 5.69 Å². The molecule has 0 aliphatic carbocycles. The van der Waals surface area contributed by atoms with Crippen LogP contribution in [-0.4, -0.2) is 47.3 Å². The van der Waals surface area contributed by atoms with Gasteiger partial charge >= 0.3 is 0 Å². The van der Waals surface area contributed by atoms with Gasteiger partial charge in [0.15, 0.2) is 0 Å². The number of aromatic amines is 1. The first kappa shape index (κ1) is 15.2. The minimum Gasteiger partial charge on any atom is -0.381 e. The molecule has 1 aliphatic rings. The van der Waals surface area contributed by atoms with Crippen LogP contribution in [0.15, 0.2) is 34.8 Å². The largest absolute Gasteiger partial charge is 0.381 e. The van der Waals surface area contributed by atoms with Gasteiger partial charge in [-0.25, -0.2) is 0 Å². The maximum absolute atomic E-state index is 12.5. The zero-order chi connectivity index (χ0) is 15.5. The molecule has 0 bridgehead atoms. The highest BCUT2D eigenvalue weighted by Crippen LogP contribution is 2.22. The molecular formula is C16H18BrN3O2. The summed E-state index contributed by atoms with van der Waals surface area (Å²) in [7, 11) is 1.85. The van der Waals surface area contributed by atoms with Crippen molar-refractivity contribution in [2.24, 2.45) is 0 Å². The molecule has 3 rings (SSSR count). The number of ether oxygens (including phenoxy) is 1. The number of halogens is 1. The standard InChI is InChI=1S/C16H18BrN3O2/c1-20(13-6-8-22-9-7-13)16(21)15-10-14(18-19-15)11-2-4-12(17)5-3-11/h2-5,10,13H,6-9H2,1H3,(H,18,19). The Kier molecular flexibility index (Phi) is 4.59. The summed E-state index contributed by atoms with van der Waals surface area (Å²) in [5.41, 5.74) is 2.27. The summed E-state index contributed by atoms with van der Waals surface area (Å²) in [5.74, 6) is -0.0252. The smallest absolute Gasteiger partial charge is 0.271 e. The van der Waals surface area contributed by atoms with Crippen LogP contribution in [0.4, 0.5) is 0 Å². The van der Waals surface area contributed by atoms with Crippen molar-refractivity contribution in [1.82, 2.24) is 15.1 Å². The molecular weight excluding hydrogens is 346 g/mol. The summed E-state index contributed by atoms with van der Waals surface area (Å²) in [6.07, 6.45) is 1.77. The highest BCUT2D eigenvalue weighted by atomic mass is 79.9. The number of carbonyl (C=O) groups excluding carboxylic acids is 1. The molecule has 1 aliphatic heterocycles. The second-order valence-electron chi connectivity index (χ2n) is 5.43. The quantitative estimate of drug-likeness (QED) is 0.911. The lowest BCUT2D eigenvalue weighted by Gasteiger charge is -2.30. The monoisotopic (exact) mass is 363 g/mol. The third kappa shape index (κ3) is 3.23. The second kappa shape index (κ2) is 6.62. The van der Waals surface area contributed by atoms with Crippen molar-refractivity contribution in [3.63, 3.8) is 0 Å². The summed E-state index contributed by atoms with van der Waals surface area (Å²) in [6, 6.07) is 9.90. The molecule has 22 heavy (non-hydrogen) atoms. The van der Waals surface area contributed by atoms with Crippen molar-refractivity contribution in [3.05, 3.63) is 40.5 Å². The molecule has 5 nitrogen and oxygen atoms in total. The minimum absolute atomic E-state index is 0.0252. The van der Waals surface area contributed by atoms with E-state index in [2.05, 4.69) is 26.1 Å². The van der Waals surface area contributed by atoms with Gasteiger partial charge in [-0.2, -0.15) is 5.10 Å². The van der Waals surface area contributed by atoms with Gasteiger partial charge in [-0.05, 0) is 31.0 Å². The normalized spacial score (nSPS) is 15.7. The molecule has 2 aromatic rings.